The number of primary sulfonamides is 1. The Morgan fingerprint density at radius 1 is 1.22 bits per heavy atom. The Morgan fingerprint density at radius 2 is 1.78 bits per heavy atom. The second-order valence-electron chi connectivity index (χ2n) is 6.34. The molecule has 0 heterocycles. The summed E-state index contributed by atoms with van der Waals surface area (Å²) >= 11 is 0. The van der Waals surface area contributed by atoms with Crippen LogP contribution >= 0.6 is 0 Å². The molecule has 0 unspecified atom stereocenters. The summed E-state index contributed by atoms with van der Waals surface area (Å²) in [6.45, 7) is 3.89. The molecule has 2 rings (SSSR count). The lowest BCUT2D eigenvalue weighted by Gasteiger charge is -2.07. The Bertz CT molecular complexity index is 725. The second kappa shape index (κ2) is 5.93. The first kappa shape index (κ1) is 17.4. The number of carboxylic acids is 1. The minimum absolute atomic E-state index is 0.0364. The largest absolute Gasteiger partial charge is 0.481 e. The van der Waals surface area contributed by atoms with Crippen LogP contribution in [0.5, 0.6) is 0 Å². The average Bonchev–Trinajstić information content (AvgIpc) is 3.01. The van der Waals surface area contributed by atoms with E-state index < -0.39 is 33.2 Å². The molecule has 0 spiro atoms. The van der Waals surface area contributed by atoms with Crippen molar-refractivity contribution in [3.05, 3.63) is 29.8 Å². The van der Waals surface area contributed by atoms with Gasteiger partial charge in [-0.1, -0.05) is 26.0 Å². The lowest BCUT2D eigenvalue weighted by atomic mass is 10.1. The Labute approximate surface area is 134 Å². The number of nitrogens with one attached hydrogen (secondary N) is 1. The molecule has 1 aromatic rings. The first-order chi connectivity index (χ1) is 10.5. The molecular weight excluding hydrogens is 320 g/mol. The van der Waals surface area contributed by atoms with Crippen molar-refractivity contribution in [3.8, 4) is 0 Å². The van der Waals surface area contributed by atoms with Gasteiger partial charge in [0.2, 0.25) is 15.9 Å². The summed E-state index contributed by atoms with van der Waals surface area (Å²) in [7, 11) is -3.71. The SMILES string of the molecule is CC1(C)[C@H](C(=O)O)[C@H]1C(=O)NCCc1ccc(S(N)(=O)=O)cc1. The van der Waals surface area contributed by atoms with E-state index in [9.17, 15) is 18.0 Å². The van der Waals surface area contributed by atoms with Crippen molar-refractivity contribution in [2.45, 2.75) is 25.2 Å². The van der Waals surface area contributed by atoms with Gasteiger partial charge in [0.05, 0.1) is 16.7 Å². The van der Waals surface area contributed by atoms with Crippen molar-refractivity contribution in [2.24, 2.45) is 22.4 Å². The summed E-state index contributed by atoms with van der Waals surface area (Å²) < 4.78 is 22.3. The molecule has 0 bridgehead atoms. The number of nitrogens with two attached hydrogens (primary N) is 1. The molecule has 23 heavy (non-hydrogen) atoms. The zero-order chi connectivity index (χ0) is 17.4. The standard InChI is InChI=1S/C15H20N2O5S/c1-15(2)11(12(15)14(19)20)13(18)17-8-7-9-3-5-10(6-4-9)23(16,21)22/h3-6,11-12H,7-8H2,1-2H3,(H,17,18)(H,19,20)(H2,16,21,22)/t11-,12-/m0/s1. The fourth-order valence-electron chi connectivity index (χ4n) is 2.87. The summed E-state index contributed by atoms with van der Waals surface area (Å²) in [6.07, 6.45) is 0.515. The van der Waals surface area contributed by atoms with Crippen molar-refractivity contribution in [1.29, 1.82) is 0 Å². The summed E-state index contributed by atoms with van der Waals surface area (Å²) in [5.41, 5.74) is 0.329. The molecule has 0 aromatic heterocycles. The predicted molar refractivity (Wildman–Crippen MR) is 82.9 cm³/mol. The number of hydrogen-bond donors (Lipinski definition) is 3. The van der Waals surface area contributed by atoms with Crippen LogP contribution in [0.25, 0.3) is 0 Å². The maximum Gasteiger partial charge on any atom is 0.307 e. The molecule has 0 radical (unpaired) electrons. The molecule has 8 heteroatoms. The number of sulfonamides is 1. The highest BCUT2D eigenvalue weighted by Gasteiger charge is 2.65. The quantitative estimate of drug-likeness (QED) is 0.689. The predicted octanol–water partition coefficient (Wildman–Crippen LogP) is 0.350. The summed E-state index contributed by atoms with van der Waals surface area (Å²) in [4.78, 5) is 23.1. The van der Waals surface area contributed by atoms with Crippen molar-refractivity contribution >= 4 is 21.9 Å². The van der Waals surface area contributed by atoms with Gasteiger partial charge in [0.25, 0.3) is 0 Å². The maximum atomic E-state index is 12.0. The third-order valence-corrected chi connectivity index (χ3v) is 5.27. The minimum atomic E-state index is -3.71. The van der Waals surface area contributed by atoms with Crippen LogP contribution in [0.3, 0.4) is 0 Å². The number of carbonyl (C=O) groups is 2. The van der Waals surface area contributed by atoms with Crippen LogP contribution in [0.1, 0.15) is 19.4 Å². The van der Waals surface area contributed by atoms with Gasteiger partial charge in [-0.2, -0.15) is 0 Å². The van der Waals surface area contributed by atoms with E-state index in [0.717, 1.165) is 5.56 Å². The number of rotatable bonds is 6. The first-order valence-corrected chi connectivity index (χ1v) is 8.72. The van der Waals surface area contributed by atoms with E-state index in [2.05, 4.69) is 5.32 Å². The normalized spacial score (nSPS) is 22.4. The average molecular weight is 340 g/mol. The molecular formula is C15H20N2O5S. The monoisotopic (exact) mass is 340 g/mol. The van der Waals surface area contributed by atoms with Crippen molar-refractivity contribution < 1.29 is 23.1 Å². The van der Waals surface area contributed by atoms with Gasteiger partial charge in [-0.05, 0) is 29.5 Å². The second-order valence-corrected chi connectivity index (χ2v) is 7.91. The third-order valence-electron chi connectivity index (χ3n) is 4.34. The molecule has 1 fully saturated rings. The minimum Gasteiger partial charge on any atom is -0.481 e. The van der Waals surface area contributed by atoms with Crippen LogP contribution in [0.2, 0.25) is 0 Å². The van der Waals surface area contributed by atoms with Gasteiger partial charge in [0.1, 0.15) is 0 Å². The number of amides is 1. The Balaban J connectivity index is 1.86. The maximum absolute atomic E-state index is 12.0. The molecule has 2 atom stereocenters. The number of aliphatic carboxylic acids is 1. The molecule has 1 amide bonds. The number of benzene rings is 1. The molecule has 7 nitrogen and oxygen atoms in total. The van der Waals surface area contributed by atoms with Gasteiger partial charge in [0, 0.05) is 6.54 Å². The molecule has 4 N–H and O–H groups in total. The van der Waals surface area contributed by atoms with Crippen LogP contribution in [0, 0.1) is 17.3 Å². The van der Waals surface area contributed by atoms with Crippen LogP contribution in [-0.2, 0) is 26.0 Å². The van der Waals surface area contributed by atoms with Crippen LogP contribution in [-0.4, -0.2) is 31.9 Å². The lowest BCUT2D eigenvalue weighted by molar-refractivity contribution is -0.140. The van der Waals surface area contributed by atoms with E-state index in [-0.39, 0.29) is 10.8 Å². The number of carbonyl (C=O) groups excluding carboxylic acids is 1. The van der Waals surface area contributed by atoms with Gasteiger partial charge in [-0.15, -0.1) is 0 Å². The highest BCUT2D eigenvalue weighted by Crippen LogP contribution is 2.58. The Morgan fingerprint density at radius 3 is 2.22 bits per heavy atom. The molecule has 1 aromatic carbocycles. The fraction of sp³-hybridized carbons (Fsp3) is 0.467. The van der Waals surface area contributed by atoms with Crippen LogP contribution in [0.4, 0.5) is 0 Å². The van der Waals surface area contributed by atoms with Gasteiger partial charge in [-0.3, -0.25) is 9.59 Å². The highest BCUT2D eigenvalue weighted by molar-refractivity contribution is 7.89. The van der Waals surface area contributed by atoms with Crippen LogP contribution < -0.4 is 10.5 Å². The summed E-state index contributed by atoms with van der Waals surface area (Å²) in [5.74, 6) is -2.36. The molecule has 0 aliphatic heterocycles. The summed E-state index contributed by atoms with van der Waals surface area (Å²) in [5, 5.41) is 16.8. The van der Waals surface area contributed by atoms with Crippen molar-refractivity contribution in [3.63, 3.8) is 0 Å². The van der Waals surface area contributed by atoms with E-state index in [0.29, 0.717) is 13.0 Å². The Hall–Kier alpha value is -1.93. The van der Waals surface area contributed by atoms with Crippen LogP contribution in [0.15, 0.2) is 29.2 Å². The lowest BCUT2D eigenvalue weighted by Crippen LogP contribution is -2.29. The van der Waals surface area contributed by atoms with E-state index >= 15 is 0 Å². The molecule has 0 saturated heterocycles. The zero-order valence-electron chi connectivity index (χ0n) is 12.9. The van der Waals surface area contributed by atoms with E-state index in [4.69, 9.17) is 10.2 Å². The van der Waals surface area contributed by atoms with E-state index in [1.165, 1.54) is 12.1 Å². The van der Waals surface area contributed by atoms with E-state index in [1.807, 2.05) is 0 Å². The van der Waals surface area contributed by atoms with Gasteiger partial charge in [0.15, 0.2) is 0 Å². The first-order valence-electron chi connectivity index (χ1n) is 7.17. The van der Waals surface area contributed by atoms with E-state index in [1.54, 1.807) is 26.0 Å². The van der Waals surface area contributed by atoms with Gasteiger partial charge >= 0.3 is 5.97 Å². The number of carboxylic acid groups (broad SMARTS) is 1. The third kappa shape index (κ3) is 3.70. The Kier molecular flexibility index (Phi) is 4.50. The highest BCUT2D eigenvalue weighted by atomic mass is 32.2. The smallest absolute Gasteiger partial charge is 0.307 e. The van der Waals surface area contributed by atoms with Gasteiger partial charge < -0.3 is 10.4 Å². The van der Waals surface area contributed by atoms with Crippen molar-refractivity contribution in [2.75, 3.05) is 6.54 Å². The zero-order valence-corrected chi connectivity index (χ0v) is 13.8. The molecule has 1 aliphatic rings. The fourth-order valence-corrected chi connectivity index (χ4v) is 3.39. The van der Waals surface area contributed by atoms with Crippen molar-refractivity contribution in [1.82, 2.24) is 5.32 Å². The molecule has 1 saturated carbocycles. The topological polar surface area (TPSA) is 127 Å². The molecule has 126 valence electrons. The van der Waals surface area contributed by atoms with Gasteiger partial charge in [-0.25, -0.2) is 13.6 Å². The molecule has 1 aliphatic carbocycles. The number of hydrogen-bond acceptors (Lipinski definition) is 4. The summed E-state index contributed by atoms with van der Waals surface area (Å²) in [6, 6.07) is 6.09.